The Bertz CT molecular complexity index is 2510. The van der Waals surface area contributed by atoms with Crippen molar-refractivity contribution in [2.24, 2.45) is 0 Å². The van der Waals surface area contributed by atoms with Crippen molar-refractivity contribution in [2.45, 2.75) is 13.1 Å². The monoisotopic (exact) mass is 643 g/mol. The molecule has 4 heteroatoms. The van der Waals surface area contributed by atoms with Crippen LogP contribution in [0.4, 0.5) is 0 Å². The Morgan fingerprint density at radius 3 is 1.55 bits per heavy atom. The summed E-state index contributed by atoms with van der Waals surface area (Å²) in [6.45, 7) is 4.89. The highest BCUT2D eigenvalue weighted by molar-refractivity contribution is 7.04. The summed E-state index contributed by atoms with van der Waals surface area (Å²) in [5.74, 6) is 2.06. The molecule has 0 saturated heterocycles. The molecule has 2 heterocycles. The number of benzene rings is 7. The Labute approximate surface area is 287 Å². The van der Waals surface area contributed by atoms with Crippen LogP contribution in [0.2, 0.25) is 13.1 Å². The Balaban J connectivity index is 1.27. The minimum absolute atomic E-state index is 0.670. The SMILES string of the molecule is C[Si]1(C)c2ccccc2-c2cccc(-c3nc(-c4ccc(-c5ccccc5)cc4)nc(-c4ccc(-c5ccccc5)c5ccccc45)n3)c21. The molecule has 0 atom stereocenters. The molecule has 0 unspecified atom stereocenters. The molecule has 1 aliphatic heterocycles. The van der Waals surface area contributed by atoms with Crippen molar-refractivity contribution in [3.8, 4) is 67.5 Å². The van der Waals surface area contributed by atoms with Crippen molar-refractivity contribution in [1.29, 1.82) is 0 Å². The van der Waals surface area contributed by atoms with Crippen LogP contribution in [0.25, 0.3) is 78.3 Å². The zero-order valence-electron chi connectivity index (χ0n) is 27.4. The fourth-order valence-corrected chi connectivity index (χ4v) is 11.0. The first-order chi connectivity index (χ1) is 24.1. The van der Waals surface area contributed by atoms with Gasteiger partial charge in [0.1, 0.15) is 8.07 Å². The molecule has 49 heavy (non-hydrogen) atoms. The zero-order chi connectivity index (χ0) is 33.0. The van der Waals surface area contributed by atoms with Gasteiger partial charge in [-0.1, -0.05) is 171 Å². The zero-order valence-corrected chi connectivity index (χ0v) is 28.4. The van der Waals surface area contributed by atoms with E-state index >= 15 is 0 Å². The third kappa shape index (κ3) is 4.92. The molecular formula is C45H33N3Si. The molecule has 7 aromatic carbocycles. The number of hydrogen-bond acceptors (Lipinski definition) is 3. The third-order valence-electron chi connectivity index (χ3n) is 9.96. The molecule has 3 nitrogen and oxygen atoms in total. The van der Waals surface area contributed by atoms with Crippen molar-refractivity contribution < 1.29 is 0 Å². The topological polar surface area (TPSA) is 38.7 Å². The maximum absolute atomic E-state index is 5.32. The van der Waals surface area contributed by atoms with E-state index in [1.165, 1.54) is 43.6 Å². The Morgan fingerprint density at radius 2 is 0.816 bits per heavy atom. The van der Waals surface area contributed by atoms with Crippen molar-refractivity contribution in [3.05, 3.63) is 164 Å². The van der Waals surface area contributed by atoms with Gasteiger partial charge in [0.25, 0.3) is 0 Å². The summed E-state index contributed by atoms with van der Waals surface area (Å²) < 4.78 is 0. The van der Waals surface area contributed by atoms with Gasteiger partial charge in [-0.2, -0.15) is 0 Å². The number of aromatic nitrogens is 3. The lowest BCUT2D eigenvalue weighted by molar-refractivity contribution is 1.08. The second-order valence-electron chi connectivity index (χ2n) is 13.2. The molecule has 0 aliphatic carbocycles. The highest BCUT2D eigenvalue weighted by atomic mass is 28.3. The molecule has 0 bridgehead atoms. The molecular weight excluding hydrogens is 611 g/mol. The van der Waals surface area contributed by atoms with Gasteiger partial charge in [-0.25, -0.2) is 15.0 Å². The van der Waals surface area contributed by atoms with Gasteiger partial charge in [-0.15, -0.1) is 0 Å². The van der Waals surface area contributed by atoms with Gasteiger partial charge in [0, 0.05) is 16.7 Å². The van der Waals surface area contributed by atoms with E-state index in [1.54, 1.807) is 0 Å². The lowest BCUT2D eigenvalue weighted by Gasteiger charge is -2.22. The molecule has 1 aliphatic rings. The van der Waals surface area contributed by atoms with Crippen molar-refractivity contribution in [2.75, 3.05) is 0 Å². The van der Waals surface area contributed by atoms with E-state index in [2.05, 4.69) is 171 Å². The Hall–Kier alpha value is -5.97. The molecule has 1 aromatic heterocycles. The molecule has 0 amide bonds. The predicted molar refractivity (Wildman–Crippen MR) is 207 cm³/mol. The summed E-state index contributed by atoms with van der Waals surface area (Å²) in [7, 11) is -2.04. The largest absolute Gasteiger partial charge is 0.208 e. The Kier molecular flexibility index (Phi) is 6.92. The molecule has 9 rings (SSSR count). The van der Waals surface area contributed by atoms with E-state index in [1.807, 2.05) is 6.07 Å². The maximum Gasteiger partial charge on any atom is 0.164 e. The van der Waals surface area contributed by atoms with Crippen LogP contribution < -0.4 is 10.4 Å². The fraction of sp³-hybridized carbons (Fsp3) is 0.0444. The molecule has 0 radical (unpaired) electrons. The van der Waals surface area contributed by atoms with Crippen LogP contribution in [0.1, 0.15) is 0 Å². The van der Waals surface area contributed by atoms with Gasteiger partial charge < -0.3 is 0 Å². The Morgan fingerprint density at radius 1 is 0.327 bits per heavy atom. The number of fused-ring (bicyclic) bond motifs is 4. The summed E-state index contributed by atoms with van der Waals surface area (Å²) >= 11 is 0. The molecule has 0 saturated carbocycles. The quantitative estimate of drug-likeness (QED) is 0.175. The van der Waals surface area contributed by atoms with E-state index in [4.69, 9.17) is 15.0 Å². The first-order valence-electron chi connectivity index (χ1n) is 16.8. The van der Waals surface area contributed by atoms with Crippen LogP contribution in [0.5, 0.6) is 0 Å². The summed E-state index contributed by atoms with van der Waals surface area (Å²) in [5.41, 5.74) is 10.4. The maximum atomic E-state index is 5.32. The van der Waals surface area contributed by atoms with Crippen LogP contribution in [0, 0.1) is 0 Å². The minimum atomic E-state index is -2.04. The van der Waals surface area contributed by atoms with E-state index in [0.717, 1.165) is 27.6 Å². The fourth-order valence-electron chi connectivity index (χ4n) is 7.59. The van der Waals surface area contributed by atoms with Crippen LogP contribution in [0.15, 0.2) is 164 Å². The smallest absolute Gasteiger partial charge is 0.164 e. The lowest BCUT2D eigenvalue weighted by Crippen LogP contribution is -2.50. The van der Waals surface area contributed by atoms with Gasteiger partial charge >= 0.3 is 0 Å². The van der Waals surface area contributed by atoms with Gasteiger partial charge in [0.15, 0.2) is 17.5 Å². The van der Waals surface area contributed by atoms with Crippen LogP contribution in [-0.2, 0) is 0 Å². The average molecular weight is 644 g/mol. The standard InChI is InChI=1S/C45H33N3Si/c1-49(2)41-23-12-11-20-37(41)38-21-13-22-40(42(38)49)45-47-43(33-26-24-31(25-27-33)30-14-5-3-6-15-30)46-44(48-45)39-29-28-34(32-16-7-4-8-17-32)35-18-9-10-19-36(35)39/h3-29H,1-2H3. The third-order valence-corrected chi connectivity index (χ3v) is 13.5. The second kappa shape index (κ2) is 11.6. The minimum Gasteiger partial charge on any atom is -0.208 e. The van der Waals surface area contributed by atoms with E-state index in [-0.39, 0.29) is 0 Å². The highest BCUT2D eigenvalue weighted by Gasteiger charge is 2.39. The lowest BCUT2D eigenvalue weighted by atomic mass is 9.94. The van der Waals surface area contributed by atoms with Crippen LogP contribution in [0.3, 0.4) is 0 Å². The summed E-state index contributed by atoms with van der Waals surface area (Å²) in [6, 6.07) is 58.1. The normalized spacial score (nSPS) is 12.9. The van der Waals surface area contributed by atoms with E-state index < -0.39 is 8.07 Å². The first kappa shape index (κ1) is 29.2. The predicted octanol–water partition coefficient (Wildman–Crippen LogP) is 10.2. The number of nitrogens with zero attached hydrogens (tertiary/aromatic N) is 3. The van der Waals surface area contributed by atoms with Crippen molar-refractivity contribution in [3.63, 3.8) is 0 Å². The summed E-state index contributed by atoms with van der Waals surface area (Å²) in [4.78, 5) is 15.8. The first-order valence-corrected chi connectivity index (χ1v) is 19.8. The molecule has 0 spiro atoms. The number of hydrogen-bond donors (Lipinski definition) is 0. The van der Waals surface area contributed by atoms with Crippen molar-refractivity contribution in [1.82, 2.24) is 15.0 Å². The van der Waals surface area contributed by atoms with Crippen molar-refractivity contribution >= 4 is 29.2 Å². The molecule has 8 aromatic rings. The van der Waals surface area contributed by atoms with E-state index in [9.17, 15) is 0 Å². The molecule has 232 valence electrons. The average Bonchev–Trinajstić information content (AvgIpc) is 3.41. The molecule has 0 fully saturated rings. The molecule has 0 N–H and O–H groups in total. The van der Waals surface area contributed by atoms with Gasteiger partial charge in [0.2, 0.25) is 0 Å². The second-order valence-corrected chi connectivity index (χ2v) is 17.5. The summed E-state index contributed by atoms with van der Waals surface area (Å²) in [6.07, 6.45) is 0. The van der Waals surface area contributed by atoms with E-state index in [0.29, 0.717) is 17.5 Å². The highest BCUT2D eigenvalue weighted by Crippen LogP contribution is 2.37. The van der Waals surface area contributed by atoms with Crippen LogP contribution in [-0.4, -0.2) is 23.0 Å². The van der Waals surface area contributed by atoms with Crippen LogP contribution >= 0.6 is 0 Å². The van der Waals surface area contributed by atoms with Gasteiger partial charge in [0.05, 0.1) is 0 Å². The van der Waals surface area contributed by atoms with Gasteiger partial charge in [-0.3, -0.25) is 0 Å². The number of rotatable bonds is 5. The summed E-state index contributed by atoms with van der Waals surface area (Å²) in [5, 5.41) is 5.15. The van der Waals surface area contributed by atoms with Gasteiger partial charge in [-0.05, 0) is 60.6 Å².